The Morgan fingerprint density at radius 1 is 0.618 bits per heavy atom. The molecule has 4 aromatic rings. The Hall–Kier alpha value is -6.82. The molecule has 12 heteroatoms. The van der Waals surface area contributed by atoms with E-state index in [1.807, 2.05) is 18.2 Å². The normalized spacial score (nSPS) is 14.6. The van der Waals surface area contributed by atoms with Gasteiger partial charge in [0, 0.05) is 31.6 Å². The molecular formula is C43H40O12. The number of hydrogen-bond acceptors (Lipinski definition) is 12. The van der Waals surface area contributed by atoms with E-state index in [9.17, 15) is 19.2 Å². The number of ether oxygens (including phenoxy) is 8. The van der Waals surface area contributed by atoms with Gasteiger partial charge in [0.2, 0.25) is 0 Å². The van der Waals surface area contributed by atoms with Crippen molar-refractivity contribution in [2.24, 2.45) is 0 Å². The van der Waals surface area contributed by atoms with Crippen LogP contribution in [0.5, 0.6) is 34.5 Å². The van der Waals surface area contributed by atoms with Crippen LogP contribution in [-0.2, 0) is 28.7 Å². The van der Waals surface area contributed by atoms with Crippen molar-refractivity contribution in [2.45, 2.75) is 25.9 Å². The fourth-order valence-corrected chi connectivity index (χ4v) is 5.71. The van der Waals surface area contributed by atoms with Gasteiger partial charge in [0.1, 0.15) is 30.8 Å². The van der Waals surface area contributed by atoms with Gasteiger partial charge in [-0.3, -0.25) is 9.59 Å². The number of carbonyl (C=O) groups is 4. The van der Waals surface area contributed by atoms with Gasteiger partial charge in [-0.1, -0.05) is 36.4 Å². The maximum absolute atomic E-state index is 13.0. The van der Waals surface area contributed by atoms with Crippen LogP contribution in [0, 0.1) is 0 Å². The third-order valence-corrected chi connectivity index (χ3v) is 8.22. The monoisotopic (exact) mass is 748 g/mol. The van der Waals surface area contributed by atoms with E-state index in [1.165, 1.54) is 33.1 Å². The topological polar surface area (TPSA) is 142 Å². The second-order valence-corrected chi connectivity index (χ2v) is 12.1. The van der Waals surface area contributed by atoms with Gasteiger partial charge in [0.25, 0.3) is 0 Å². The zero-order valence-electron chi connectivity index (χ0n) is 30.9. The summed E-state index contributed by atoms with van der Waals surface area (Å²) in [6.07, 6.45) is 8.72. The molecule has 0 bridgehead atoms. The number of benzene rings is 4. The van der Waals surface area contributed by atoms with Gasteiger partial charge in [-0.15, -0.1) is 0 Å². The first-order valence-electron chi connectivity index (χ1n) is 17.1. The Labute approximate surface area is 318 Å². The van der Waals surface area contributed by atoms with Crippen LogP contribution in [0.15, 0.2) is 97.1 Å². The second-order valence-electron chi connectivity index (χ2n) is 12.1. The number of carbonyl (C=O) groups excluding carboxylic acids is 4. The summed E-state index contributed by atoms with van der Waals surface area (Å²) in [6.45, 7) is 2.60. The molecule has 0 saturated heterocycles. The van der Waals surface area contributed by atoms with Crippen molar-refractivity contribution in [1.29, 1.82) is 0 Å². The van der Waals surface area contributed by atoms with Crippen LogP contribution in [0.4, 0.5) is 0 Å². The van der Waals surface area contributed by atoms with E-state index in [4.69, 9.17) is 37.9 Å². The molecule has 12 nitrogen and oxygen atoms in total. The van der Waals surface area contributed by atoms with E-state index in [0.29, 0.717) is 40.1 Å². The first kappa shape index (κ1) is 39.4. The van der Waals surface area contributed by atoms with Crippen LogP contribution in [0.3, 0.4) is 0 Å². The number of fused-ring (bicyclic) bond motifs is 1. The molecule has 1 aliphatic rings. The third kappa shape index (κ3) is 10.9. The zero-order valence-corrected chi connectivity index (χ0v) is 30.9. The van der Waals surface area contributed by atoms with Crippen molar-refractivity contribution in [3.8, 4) is 34.5 Å². The molecule has 2 atom stereocenters. The Balaban J connectivity index is 1.31. The highest BCUT2D eigenvalue weighted by atomic mass is 16.6. The lowest BCUT2D eigenvalue weighted by atomic mass is 9.90. The minimum absolute atomic E-state index is 0.00140. The highest BCUT2D eigenvalue weighted by Crippen LogP contribution is 2.52. The van der Waals surface area contributed by atoms with Crippen LogP contribution in [0.25, 0.3) is 18.2 Å². The number of rotatable bonds is 15. The lowest BCUT2D eigenvalue weighted by molar-refractivity contribution is -0.139. The molecule has 0 spiro atoms. The molecule has 0 radical (unpaired) electrons. The zero-order chi connectivity index (χ0) is 39.3. The highest BCUT2D eigenvalue weighted by Gasteiger charge is 2.39. The average Bonchev–Trinajstić information content (AvgIpc) is 3.55. The predicted molar refractivity (Wildman–Crippen MR) is 203 cm³/mol. The van der Waals surface area contributed by atoms with Crippen molar-refractivity contribution in [2.75, 3.05) is 34.5 Å². The minimum Gasteiger partial charge on any atom is -0.493 e. The summed E-state index contributed by atoms with van der Waals surface area (Å²) in [5, 5.41) is 0. The summed E-state index contributed by atoms with van der Waals surface area (Å²) in [4.78, 5) is 47.7. The lowest BCUT2D eigenvalue weighted by Gasteiger charge is -2.20. The Bertz CT molecular complexity index is 2100. The quantitative estimate of drug-likeness (QED) is 0.0684. The Morgan fingerprint density at radius 3 is 1.73 bits per heavy atom. The van der Waals surface area contributed by atoms with Crippen molar-refractivity contribution < 1.29 is 57.1 Å². The minimum atomic E-state index is -0.584. The van der Waals surface area contributed by atoms with Gasteiger partial charge in [0.15, 0.2) is 23.0 Å². The van der Waals surface area contributed by atoms with Crippen molar-refractivity contribution >= 4 is 42.1 Å². The molecular weight excluding hydrogens is 708 g/mol. The van der Waals surface area contributed by atoms with Gasteiger partial charge >= 0.3 is 23.9 Å². The third-order valence-electron chi connectivity index (χ3n) is 8.22. The van der Waals surface area contributed by atoms with Crippen molar-refractivity contribution in [3.05, 3.63) is 125 Å². The molecule has 284 valence electrons. The maximum atomic E-state index is 13.0. The standard InChI is InChI=1S/C43H40O12/c1-27(44)53-33-15-8-29(9-16-33)12-20-40(46)51-22-6-7-31-23-35-36(26-52-41(47)21-13-30-10-17-34(18-11-30)54-28(2)45)42(55-43(35)39(24-31)50-5)32-14-19-37(48-3)38(25-32)49-4/h6-21,23-25,36,42H,22,26H2,1-5H3/b7-6+,20-12+,21-13+/t36-,42+/m1/s1. The predicted octanol–water partition coefficient (Wildman–Crippen LogP) is 7.31. The largest absolute Gasteiger partial charge is 0.493 e. The second kappa shape index (κ2) is 18.8. The molecule has 0 saturated carbocycles. The van der Waals surface area contributed by atoms with Crippen LogP contribution in [0.1, 0.15) is 53.7 Å². The van der Waals surface area contributed by atoms with Crippen molar-refractivity contribution in [3.63, 3.8) is 0 Å². The van der Waals surface area contributed by atoms with Gasteiger partial charge < -0.3 is 37.9 Å². The molecule has 55 heavy (non-hydrogen) atoms. The van der Waals surface area contributed by atoms with Gasteiger partial charge in [-0.05, 0) is 89.0 Å². The fraction of sp³-hybridized carbons (Fsp3) is 0.209. The number of esters is 4. The number of hydrogen-bond donors (Lipinski definition) is 0. The summed E-state index contributed by atoms with van der Waals surface area (Å²) in [7, 11) is 4.63. The molecule has 0 unspecified atom stereocenters. The Morgan fingerprint density at radius 2 is 1.18 bits per heavy atom. The summed E-state index contributed by atoms with van der Waals surface area (Å²) in [6, 6.07) is 22.5. The number of methoxy groups -OCH3 is 3. The first-order valence-corrected chi connectivity index (χ1v) is 17.1. The molecule has 5 rings (SSSR count). The molecule has 4 aromatic carbocycles. The van der Waals surface area contributed by atoms with Crippen LogP contribution < -0.4 is 28.4 Å². The van der Waals surface area contributed by atoms with E-state index in [0.717, 1.165) is 22.3 Å². The average molecular weight is 749 g/mol. The summed E-state index contributed by atoms with van der Waals surface area (Å²) >= 11 is 0. The Kier molecular flexibility index (Phi) is 13.5. The van der Waals surface area contributed by atoms with Crippen LogP contribution >= 0.6 is 0 Å². The SMILES string of the molecule is COc1ccc([C@@H]2Oc3c(OC)cc(/C=C/COC(=O)/C=C/c4ccc(OC(C)=O)cc4)cc3[C@H]2COC(=O)/C=C/c2ccc(OC(C)=O)cc2)cc1OC. The van der Waals surface area contributed by atoms with Crippen molar-refractivity contribution in [1.82, 2.24) is 0 Å². The smallest absolute Gasteiger partial charge is 0.331 e. The van der Waals surface area contributed by atoms with E-state index in [-0.39, 0.29) is 13.2 Å². The van der Waals surface area contributed by atoms with E-state index >= 15 is 0 Å². The molecule has 0 amide bonds. The van der Waals surface area contributed by atoms with E-state index in [1.54, 1.807) is 99.2 Å². The van der Waals surface area contributed by atoms with Gasteiger partial charge in [-0.2, -0.15) is 0 Å². The lowest BCUT2D eigenvalue weighted by Crippen LogP contribution is -2.17. The summed E-state index contributed by atoms with van der Waals surface area (Å²) < 4.78 is 44.4. The van der Waals surface area contributed by atoms with E-state index < -0.39 is 35.9 Å². The molecule has 0 N–H and O–H groups in total. The fourth-order valence-electron chi connectivity index (χ4n) is 5.71. The van der Waals surface area contributed by atoms with Gasteiger partial charge in [0.05, 0.1) is 27.2 Å². The van der Waals surface area contributed by atoms with Crippen LogP contribution in [-0.4, -0.2) is 58.4 Å². The molecule has 0 fully saturated rings. The molecule has 1 aliphatic heterocycles. The highest BCUT2D eigenvalue weighted by molar-refractivity contribution is 5.87. The maximum Gasteiger partial charge on any atom is 0.331 e. The van der Waals surface area contributed by atoms with Gasteiger partial charge in [-0.25, -0.2) is 9.59 Å². The molecule has 1 heterocycles. The first-order chi connectivity index (χ1) is 26.6. The van der Waals surface area contributed by atoms with Crippen LogP contribution in [0.2, 0.25) is 0 Å². The summed E-state index contributed by atoms with van der Waals surface area (Å²) in [5.74, 6) is 0.422. The molecule has 0 aliphatic carbocycles. The van der Waals surface area contributed by atoms with E-state index in [2.05, 4.69) is 0 Å². The molecule has 0 aromatic heterocycles. The summed E-state index contributed by atoms with van der Waals surface area (Å²) in [5.41, 5.74) is 3.68.